The van der Waals surface area contributed by atoms with Gasteiger partial charge >= 0.3 is 6.18 Å². The van der Waals surface area contributed by atoms with Gasteiger partial charge in [-0.2, -0.15) is 17.5 Å². The van der Waals surface area contributed by atoms with E-state index in [2.05, 4.69) is 4.90 Å². The number of unbranched alkanes of at least 4 members (excludes halogenated alkanes) is 2. The third-order valence-electron chi connectivity index (χ3n) is 7.15. The van der Waals surface area contributed by atoms with Crippen molar-refractivity contribution in [3.63, 3.8) is 0 Å². The SMILES string of the molecule is CCC[C@H]1CN(S(=O)(=O)c2ccc(C(F)(F)F)cc2)CC1C(=O)CCCCCN1CCCCC1. The van der Waals surface area contributed by atoms with Crippen molar-refractivity contribution >= 4 is 15.8 Å². The summed E-state index contributed by atoms with van der Waals surface area (Å²) < 4.78 is 66.0. The average molecular weight is 503 g/mol. The van der Waals surface area contributed by atoms with Crippen molar-refractivity contribution in [1.82, 2.24) is 9.21 Å². The molecule has 0 spiro atoms. The van der Waals surface area contributed by atoms with E-state index in [0.29, 0.717) is 6.42 Å². The molecule has 2 saturated heterocycles. The second kappa shape index (κ2) is 12.0. The van der Waals surface area contributed by atoms with Crippen molar-refractivity contribution in [3.8, 4) is 0 Å². The summed E-state index contributed by atoms with van der Waals surface area (Å²) in [4.78, 5) is 15.3. The molecule has 192 valence electrons. The summed E-state index contributed by atoms with van der Waals surface area (Å²) in [6.45, 7) is 5.78. The Labute approximate surface area is 201 Å². The number of nitrogens with zero attached hydrogens (tertiary/aromatic N) is 2. The minimum absolute atomic E-state index is 0.0462. The maximum Gasteiger partial charge on any atom is 0.416 e. The number of alkyl halides is 3. The number of halogens is 3. The van der Waals surface area contributed by atoms with Crippen LogP contribution < -0.4 is 0 Å². The Balaban J connectivity index is 1.55. The van der Waals surface area contributed by atoms with Gasteiger partial charge in [0, 0.05) is 25.4 Å². The van der Waals surface area contributed by atoms with Crippen LogP contribution in [0.25, 0.3) is 0 Å². The number of Topliss-reactive ketones (excluding diaryl/α,β-unsaturated/α-hetero) is 1. The second-order valence-electron chi connectivity index (χ2n) is 9.68. The van der Waals surface area contributed by atoms with E-state index >= 15 is 0 Å². The van der Waals surface area contributed by atoms with E-state index in [-0.39, 0.29) is 35.6 Å². The lowest BCUT2D eigenvalue weighted by atomic mass is 9.86. The second-order valence-corrected chi connectivity index (χ2v) is 11.6. The molecular formula is C25H37F3N2O3S. The minimum atomic E-state index is -4.52. The fourth-order valence-corrected chi connectivity index (χ4v) is 6.72. The van der Waals surface area contributed by atoms with Crippen LogP contribution in [-0.4, -0.2) is 56.1 Å². The van der Waals surface area contributed by atoms with Gasteiger partial charge in [0.05, 0.1) is 10.5 Å². The molecule has 2 atom stereocenters. The molecule has 2 fully saturated rings. The van der Waals surface area contributed by atoms with Gasteiger partial charge in [0.1, 0.15) is 5.78 Å². The predicted molar refractivity (Wildman–Crippen MR) is 126 cm³/mol. The van der Waals surface area contributed by atoms with Crippen LogP contribution in [0.1, 0.15) is 70.3 Å². The van der Waals surface area contributed by atoms with Crippen molar-refractivity contribution in [1.29, 1.82) is 0 Å². The summed E-state index contributed by atoms with van der Waals surface area (Å²) >= 11 is 0. The zero-order chi connectivity index (χ0) is 24.8. The number of hydrogen-bond acceptors (Lipinski definition) is 4. The quantitative estimate of drug-likeness (QED) is 0.383. The first kappa shape index (κ1) is 27.1. The van der Waals surface area contributed by atoms with Crippen LogP contribution in [0, 0.1) is 11.8 Å². The third-order valence-corrected chi connectivity index (χ3v) is 8.99. The van der Waals surface area contributed by atoms with Crippen LogP contribution in [0.4, 0.5) is 13.2 Å². The summed E-state index contributed by atoms with van der Waals surface area (Å²) in [5.74, 6) is -0.275. The fourth-order valence-electron chi connectivity index (χ4n) is 5.20. The molecule has 2 aliphatic heterocycles. The lowest BCUT2D eigenvalue weighted by Gasteiger charge is -2.26. The van der Waals surface area contributed by atoms with Crippen LogP contribution in [0.15, 0.2) is 29.2 Å². The lowest BCUT2D eigenvalue weighted by molar-refractivity contribution is -0.137. The Bertz CT molecular complexity index is 897. The Kier molecular flexibility index (Phi) is 9.57. The van der Waals surface area contributed by atoms with Crippen molar-refractivity contribution in [2.75, 3.05) is 32.7 Å². The van der Waals surface area contributed by atoms with E-state index < -0.39 is 21.8 Å². The first-order valence-corrected chi connectivity index (χ1v) is 14.0. The zero-order valence-corrected chi connectivity index (χ0v) is 20.8. The van der Waals surface area contributed by atoms with Gasteiger partial charge in [-0.15, -0.1) is 0 Å². The molecule has 0 N–H and O–H groups in total. The van der Waals surface area contributed by atoms with Gasteiger partial charge < -0.3 is 4.90 Å². The molecule has 34 heavy (non-hydrogen) atoms. The summed E-state index contributed by atoms with van der Waals surface area (Å²) in [6.07, 6.45) is 4.27. The number of benzene rings is 1. The van der Waals surface area contributed by atoms with Crippen LogP contribution in [0.5, 0.6) is 0 Å². The first-order chi connectivity index (χ1) is 16.1. The van der Waals surface area contributed by atoms with Gasteiger partial charge in [0.2, 0.25) is 10.0 Å². The lowest BCUT2D eigenvalue weighted by Crippen LogP contribution is -2.30. The molecule has 0 bridgehead atoms. The molecule has 0 amide bonds. The number of rotatable bonds is 11. The molecule has 1 aromatic carbocycles. The van der Waals surface area contributed by atoms with Crippen LogP contribution in [-0.2, 0) is 21.0 Å². The third kappa shape index (κ3) is 7.04. The van der Waals surface area contributed by atoms with Crippen LogP contribution in [0.3, 0.4) is 0 Å². The smallest absolute Gasteiger partial charge is 0.303 e. The Morgan fingerprint density at radius 2 is 1.68 bits per heavy atom. The van der Waals surface area contributed by atoms with Gasteiger partial charge in [-0.3, -0.25) is 4.79 Å². The van der Waals surface area contributed by atoms with Crippen molar-refractivity contribution in [2.24, 2.45) is 11.8 Å². The number of carbonyl (C=O) groups is 1. The number of sulfonamides is 1. The Morgan fingerprint density at radius 1 is 1.00 bits per heavy atom. The molecule has 2 heterocycles. The molecule has 0 aromatic heterocycles. The van der Waals surface area contributed by atoms with Crippen molar-refractivity contribution in [2.45, 2.75) is 75.8 Å². The van der Waals surface area contributed by atoms with Gasteiger partial charge in [-0.05, 0) is 81.9 Å². The van der Waals surface area contributed by atoms with Gasteiger partial charge in [-0.25, -0.2) is 8.42 Å². The highest BCUT2D eigenvalue weighted by Gasteiger charge is 2.42. The highest BCUT2D eigenvalue weighted by molar-refractivity contribution is 7.89. The van der Waals surface area contributed by atoms with E-state index in [1.807, 2.05) is 6.92 Å². The molecule has 0 aliphatic carbocycles. The van der Waals surface area contributed by atoms with E-state index in [1.165, 1.54) is 36.7 Å². The molecule has 5 nitrogen and oxygen atoms in total. The molecule has 0 saturated carbocycles. The number of carbonyl (C=O) groups excluding carboxylic acids is 1. The standard InChI is InChI=1S/C25H37F3N2O3S/c1-2-9-20-18-30(34(32,33)22-13-11-21(12-14-22)25(26,27)28)19-23(20)24(31)10-5-3-6-15-29-16-7-4-8-17-29/h11-14,20,23H,2-10,15-19H2,1H3/t20-,23?/m0/s1. The summed E-state index contributed by atoms with van der Waals surface area (Å²) in [5, 5.41) is 0. The minimum Gasteiger partial charge on any atom is -0.303 e. The Morgan fingerprint density at radius 3 is 2.29 bits per heavy atom. The monoisotopic (exact) mass is 502 g/mol. The predicted octanol–water partition coefficient (Wildman–Crippen LogP) is 5.36. The molecule has 9 heteroatoms. The van der Waals surface area contributed by atoms with E-state index in [1.54, 1.807) is 0 Å². The summed E-state index contributed by atoms with van der Waals surface area (Å²) in [5.41, 5.74) is -0.884. The van der Waals surface area contributed by atoms with Gasteiger partial charge in [0.15, 0.2) is 0 Å². The largest absolute Gasteiger partial charge is 0.416 e. The molecule has 1 unspecified atom stereocenters. The molecule has 2 aliphatic rings. The van der Waals surface area contributed by atoms with Crippen LogP contribution >= 0.6 is 0 Å². The summed E-state index contributed by atoms with van der Waals surface area (Å²) in [6, 6.07) is 3.59. The highest BCUT2D eigenvalue weighted by atomic mass is 32.2. The molecule has 1 aromatic rings. The normalized spacial score (nSPS) is 22.8. The Hall–Kier alpha value is -1.45. The summed E-state index contributed by atoms with van der Waals surface area (Å²) in [7, 11) is -3.95. The number of ketones is 1. The maximum atomic E-state index is 13.1. The van der Waals surface area contributed by atoms with Crippen molar-refractivity contribution < 1.29 is 26.4 Å². The number of likely N-dealkylation sites (tertiary alicyclic amines) is 1. The molecular weight excluding hydrogens is 465 g/mol. The van der Waals surface area contributed by atoms with Crippen molar-refractivity contribution in [3.05, 3.63) is 29.8 Å². The van der Waals surface area contributed by atoms with E-state index in [0.717, 1.165) is 62.9 Å². The fraction of sp³-hybridized carbons (Fsp3) is 0.720. The van der Waals surface area contributed by atoms with E-state index in [4.69, 9.17) is 0 Å². The first-order valence-electron chi connectivity index (χ1n) is 12.6. The topological polar surface area (TPSA) is 57.7 Å². The number of piperidine rings is 1. The van der Waals surface area contributed by atoms with E-state index in [9.17, 15) is 26.4 Å². The van der Waals surface area contributed by atoms with Gasteiger partial charge in [-0.1, -0.05) is 26.2 Å². The molecule has 3 rings (SSSR count). The number of hydrogen-bond donors (Lipinski definition) is 0. The molecule has 0 radical (unpaired) electrons. The zero-order valence-electron chi connectivity index (χ0n) is 20.0. The average Bonchev–Trinajstić information content (AvgIpc) is 3.24. The highest BCUT2D eigenvalue weighted by Crippen LogP contribution is 2.34. The van der Waals surface area contributed by atoms with Crippen LogP contribution in [0.2, 0.25) is 0 Å². The maximum absolute atomic E-state index is 13.1. The van der Waals surface area contributed by atoms with Gasteiger partial charge in [0.25, 0.3) is 0 Å².